The van der Waals surface area contributed by atoms with Gasteiger partial charge in [-0.2, -0.15) is 0 Å². The van der Waals surface area contributed by atoms with Crippen LogP contribution in [-0.2, 0) is 0 Å². The number of halogens is 2. The number of nitrogens with zero attached hydrogens (tertiary/aromatic N) is 2. The second kappa shape index (κ2) is 5.55. The third-order valence-electron chi connectivity index (χ3n) is 3.48. The Hall–Kier alpha value is -2.60. The molecular weight excluding hydrogens is 321 g/mol. The number of rotatable bonds is 2. The largest absolute Gasteiger partial charge is 0.486 e. The Bertz CT molecular complexity index is 904. The minimum Gasteiger partial charge on any atom is -0.486 e. The topological polar surface area (TPSA) is 56.3 Å². The van der Waals surface area contributed by atoms with Crippen molar-refractivity contribution >= 4 is 34.0 Å². The van der Waals surface area contributed by atoms with Crippen LogP contribution in [0, 0.1) is 5.82 Å². The number of aromatic nitrogens is 2. The lowest BCUT2D eigenvalue weighted by atomic mass is 10.2. The van der Waals surface area contributed by atoms with Gasteiger partial charge in [0.15, 0.2) is 11.5 Å². The third-order valence-corrected chi connectivity index (χ3v) is 3.79. The molecule has 1 aliphatic rings. The lowest BCUT2D eigenvalue weighted by molar-refractivity contribution is 0.172. The molecular formula is C16H11ClFN3O2. The summed E-state index contributed by atoms with van der Waals surface area (Å²) in [5.74, 6) is 1.35. The molecule has 2 heterocycles. The molecule has 0 bridgehead atoms. The summed E-state index contributed by atoms with van der Waals surface area (Å²) in [4.78, 5) is 8.47. The van der Waals surface area contributed by atoms with Gasteiger partial charge in [0.1, 0.15) is 31.2 Å². The molecule has 0 unspecified atom stereocenters. The predicted octanol–water partition coefficient (Wildman–Crippen LogP) is 3.94. The van der Waals surface area contributed by atoms with Crippen LogP contribution >= 0.6 is 11.6 Å². The third kappa shape index (κ3) is 2.61. The quantitative estimate of drug-likeness (QED) is 0.771. The van der Waals surface area contributed by atoms with Gasteiger partial charge in [-0.3, -0.25) is 0 Å². The van der Waals surface area contributed by atoms with Crippen LogP contribution in [0.4, 0.5) is 15.9 Å². The zero-order valence-corrected chi connectivity index (χ0v) is 12.6. The van der Waals surface area contributed by atoms with Gasteiger partial charge < -0.3 is 14.8 Å². The molecule has 0 saturated carbocycles. The smallest absolute Gasteiger partial charge is 0.163 e. The molecule has 1 aromatic heterocycles. The maximum Gasteiger partial charge on any atom is 0.163 e. The number of benzene rings is 2. The lowest BCUT2D eigenvalue weighted by Gasteiger charge is -2.19. The summed E-state index contributed by atoms with van der Waals surface area (Å²) in [6.07, 6.45) is 1.44. The van der Waals surface area contributed by atoms with Crippen LogP contribution in [0.5, 0.6) is 11.5 Å². The first-order chi connectivity index (χ1) is 11.2. The molecule has 7 heteroatoms. The fraction of sp³-hybridized carbons (Fsp3) is 0.125. The molecule has 3 aromatic rings. The predicted molar refractivity (Wildman–Crippen MR) is 85.2 cm³/mol. The van der Waals surface area contributed by atoms with Crippen LogP contribution in [0.3, 0.4) is 0 Å². The van der Waals surface area contributed by atoms with E-state index in [9.17, 15) is 4.39 Å². The van der Waals surface area contributed by atoms with E-state index in [0.29, 0.717) is 41.7 Å². The Morgan fingerprint density at radius 2 is 1.83 bits per heavy atom. The summed E-state index contributed by atoms with van der Waals surface area (Å²) in [6.45, 7) is 1.01. The van der Waals surface area contributed by atoms with E-state index in [2.05, 4.69) is 15.3 Å². The van der Waals surface area contributed by atoms with E-state index >= 15 is 0 Å². The van der Waals surface area contributed by atoms with Crippen molar-refractivity contribution in [2.45, 2.75) is 0 Å². The molecule has 1 N–H and O–H groups in total. The first kappa shape index (κ1) is 14.0. The van der Waals surface area contributed by atoms with Crippen molar-refractivity contribution in [1.82, 2.24) is 9.97 Å². The van der Waals surface area contributed by atoms with Gasteiger partial charge in [-0.25, -0.2) is 14.4 Å². The van der Waals surface area contributed by atoms with Crippen molar-refractivity contribution in [3.05, 3.63) is 47.5 Å². The van der Waals surface area contributed by atoms with E-state index in [1.165, 1.54) is 18.5 Å². The fourth-order valence-electron chi connectivity index (χ4n) is 2.40. The Kier molecular flexibility index (Phi) is 3.38. The minimum absolute atomic E-state index is 0.0720. The highest BCUT2D eigenvalue weighted by Crippen LogP contribution is 2.36. The van der Waals surface area contributed by atoms with E-state index in [0.717, 1.165) is 5.39 Å². The Labute approximate surface area is 136 Å². The molecule has 0 amide bonds. The van der Waals surface area contributed by atoms with Crippen LogP contribution < -0.4 is 14.8 Å². The maximum absolute atomic E-state index is 13.6. The van der Waals surface area contributed by atoms with Gasteiger partial charge in [-0.15, -0.1) is 0 Å². The summed E-state index contributed by atoms with van der Waals surface area (Å²) in [5.41, 5.74) is 1.25. The molecule has 0 saturated heterocycles. The van der Waals surface area contributed by atoms with E-state index in [1.807, 2.05) is 6.07 Å². The Morgan fingerprint density at radius 1 is 1.04 bits per heavy atom. The van der Waals surface area contributed by atoms with Gasteiger partial charge in [0, 0.05) is 17.1 Å². The van der Waals surface area contributed by atoms with Gasteiger partial charge in [0.2, 0.25) is 0 Å². The molecule has 23 heavy (non-hydrogen) atoms. The molecule has 0 atom stereocenters. The fourth-order valence-corrected chi connectivity index (χ4v) is 2.52. The molecule has 4 rings (SSSR count). The second-order valence-corrected chi connectivity index (χ2v) is 5.40. The summed E-state index contributed by atoms with van der Waals surface area (Å²) in [6, 6.07) is 8.10. The minimum atomic E-state index is -0.496. The van der Waals surface area contributed by atoms with Crippen LogP contribution in [0.2, 0.25) is 5.02 Å². The molecule has 0 radical (unpaired) electrons. The number of anilines is 2. The SMILES string of the molecule is Fc1cc(Nc2ncnc3cc4c(cc23)OCCO4)ccc1Cl. The number of fused-ring (bicyclic) bond motifs is 2. The van der Waals surface area contributed by atoms with Gasteiger partial charge in [0.05, 0.1) is 10.5 Å². The Balaban J connectivity index is 1.78. The van der Waals surface area contributed by atoms with E-state index in [1.54, 1.807) is 12.1 Å². The molecule has 2 aromatic carbocycles. The maximum atomic E-state index is 13.6. The number of hydrogen-bond donors (Lipinski definition) is 1. The average molecular weight is 332 g/mol. The molecule has 0 fully saturated rings. The normalized spacial score (nSPS) is 13.1. The summed E-state index contributed by atoms with van der Waals surface area (Å²) in [7, 11) is 0. The van der Waals surface area contributed by atoms with Crippen LogP contribution in [0.15, 0.2) is 36.7 Å². The van der Waals surface area contributed by atoms with Gasteiger partial charge in [-0.1, -0.05) is 11.6 Å². The van der Waals surface area contributed by atoms with Crippen molar-refractivity contribution < 1.29 is 13.9 Å². The van der Waals surface area contributed by atoms with Crippen LogP contribution in [-0.4, -0.2) is 23.2 Å². The number of ether oxygens (including phenoxy) is 2. The highest BCUT2D eigenvalue weighted by molar-refractivity contribution is 6.30. The number of hydrogen-bond acceptors (Lipinski definition) is 5. The number of nitrogens with one attached hydrogen (secondary N) is 1. The van der Waals surface area contributed by atoms with Crippen LogP contribution in [0.1, 0.15) is 0 Å². The van der Waals surface area contributed by atoms with E-state index in [4.69, 9.17) is 21.1 Å². The van der Waals surface area contributed by atoms with Crippen molar-refractivity contribution in [2.24, 2.45) is 0 Å². The molecule has 1 aliphatic heterocycles. The Morgan fingerprint density at radius 3 is 2.61 bits per heavy atom. The lowest BCUT2D eigenvalue weighted by Crippen LogP contribution is -2.15. The molecule has 0 spiro atoms. The zero-order chi connectivity index (χ0) is 15.8. The second-order valence-electron chi connectivity index (χ2n) is 4.99. The van der Waals surface area contributed by atoms with Gasteiger partial charge in [0.25, 0.3) is 0 Å². The zero-order valence-electron chi connectivity index (χ0n) is 11.8. The van der Waals surface area contributed by atoms with Crippen molar-refractivity contribution in [3.8, 4) is 11.5 Å². The summed E-state index contributed by atoms with van der Waals surface area (Å²) >= 11 is 5.70. The van der Waals surface area contributed by atoms with Crippen LogP contribution in [0.25, 0.3) is 10.9 Å². The molecule has 5 nitrogen and oxygen atoms in total. The van der Waals surface area contributed by atoms with E-state index < -0.39 is 5.82 Å². The van der Waals surface area contributed by atoms with Crippen molar-refractivity contribution in [2.75, 3.05) is 18.5 Å². The highest BCUT2D eigenvalue weighted by Gasteiger charge is 2.15. The highest BCUT2D eigenvalue weighted by atomic mass is 35.5. The first-order valence-corrected chi connectivity index (χ1v) is 7.35. The summed E-state index contributed by atoms with van der Waals surface area (Å²) < 4.78 is 24.7. The summed E-state index contributed by atoms with van der Waals surface area (Å²) in [5, 5.41) is 3.90. The standard InChI is InChI=1S/C16H11ClFN3O2/c17-11-2-1-9(5-12(11)18)21-16-10-6-14-15(23-4-3-22-14)7-13(10)19-8-20-16/h1-2,5-8H,3-4H2,(H,19,20,21). The monoisotopic (exact) mass is 331 g/mol. The average Bonchev–Trinajstić information content (AvgIpc) is 2.57. The van der Waals surface area contributed by atoms with Gasteiger partial charge >= 0.3 is 0 Å². The van der Waals surface area contributed by atoms with Crippen molar-refractivity contribution in [3.63, 3.8) is 0 Å². The van der Waals surface area contributed by atoms with E-state index in [-0.39, 0.29) is 5.02 Å². The van der Waals surface area contributed by atoms with Gasteiger partial charge in [-0.05, 0) is 24.3 Å². The van der Waals surface area contributed by atoms with Crippen molar-refractivity contribution in [1.29, 1.82) is 0 Å². The molecule has 116 valence electrons. The first-order valence-electron chi connectivity index (χ1n) is 6.97. The molecule has 0 aliphatic carbocycles.